The number of rotatable bonds is 4. The molecule has 0 aromatic heterocycles. The molecule has 188 valence electrons. The SMILES string of the molecule is CO[C@](C(=O)N1CCC2(CC1)OC(=O)NC[C@H]2c1ccc(F)cc1)(c1cccc(Cl)c1)C(F)(F)F. The van der Waals surface area contributed by atoms with E-state index in [0.717, 1.165) is 24.1 Å². The number of carbonyl (C=O) groups is 2. The largest absolute Gasteiger partial charge is 0.442 e. The fraction of sp³-hybridized carbons (Fsp3) is 0.417. The van der Waals surface area contributed by atoms with Crippen LogP contribution in [-0.2, 0) is 19.9 Å². The lowest BCUT2D eigenvalue weighted by Gasteiger charge is -2.49. The summed E-state index contributed by atoms with van der Waals surface area (Å²) in [4.78, 5) is 26.6. The van der Waals surface area contributed by atoms with Crippen LogP contribution in [-0.4, -0.2) is 55.4 Å². The molecule has 6 nitrogen and oxygen atoms in total. The quantitative estimate of drug-likeness (QED) is 0.597. The Balaban J connectivity index is 1.63. The highest BCUT2D eigenvalue weighted by Crippen LogP contribution is 2.46. The molecule has 4 rings (SSSR count). The Labute approximate surface area is 204 Å². The van der Waals surface area contributed by atoms with E-state index in [4.69, 9.17) is 21.1 Å². The number of alkyl carbamates (subject to hydrolysis) is 1. The summed E-state index contributed by atoms with van der Waals surface area (Å²) in [5.74, 6) is -2.07. The molecule has 1 N–H and O–H groups in total. The van der Waals surface area contributed by atoms with Crippen molar-refractivity contribution < 1.29 is 36.6 Å². The van der Waals surface area contributed by atoms with Crippen molar-refractivity contribution in [3.8, 4) is 0 Å². The zero-order chi connectivity index (χ0) is 25.4. The van der Waals surface area contributed by atoms with Crippen LogP contribution >= 0.6 is 11.6 Å². The minimum absolute atomic E-state index is 0.0299. The van der Waals surface area contributed by atoms with Crippen LogP contribution in [0.3, 0.4) is 0 Å². The fourth-order valence-electron chi connectivity index (χ4n) is 4.98. The van der Waals surface area contributed by atoms with E-state index in [1.807, 2.05) is 0 Å². The molecule has 2 aliphatic heterocycles. The molecule has 0 aliphatic carbocycles. The number of halogens is 5. The van der Waals surface area contributed by atoms with E-state index in [-0.39, 0.29) is 43.4 Å². The van der Waals surface area contributed by atoms with Crippen molar-refractivity contribution >= 4 is 23.6 Å². The zero-order valence-corrected chi connectivity index (χ0v) is 19.5. The Bertz CT molecular complexity index is 1100. The maximum absolute atomic E-state index is 14.4. The standard InChI is InChI=1S/C24H23ClF4N2O4/c1-34-23(24(27,28)29,16-3-2-4-17(25)13-16)20(32)31-11-9-22(10-12-31)19(14-30-21(33)35-22)15-5-7-18(26)8-6-15/h2-8,13,19H,9-12,14H2,1H3,(H,30,33)/t19-,23-/m0/s1. The Morgan fingerprint density at radius 2 is 1.83 bits per heavy atom. The van der Waals surface area contributed by atoms with Crippen LogP contribution in [0.15, 0.2) is 48.5 Å². The summed E-state index contributed by atoms with van der Waals surface area (Å²) >= 11 is 5.92. The number of carbonyl (C=O) groups excluding carboxylic acids is 2. The van der Waals surface area contributed by atoms with Gasteiger partial charge in [-0.1, -0.05) is 35.9 Å². The molecule has 2 amide bonds. The lowest BCUT2D eigenvalue weighted by molar-refractivity contribution is -0.271. The van der Waals surface area contributed by atoms with Crippen LogP contribution in [0.2, 0.25) is 5.02 Å². The third-order valence-corrected chi connectivity index (χ3v) is 7.02. The highest BCUT2D eigenvalue weighted by Gasteiger charge is 2.64. The molecule has 2 aliphatic rings. The van der Waals surface area contributed by atoms with Crippen LogP contribution in [0, 0.1) is 5.82 Å². The van der Waals surface area contributed by atoms with Gasteiger partial charge in [-0.2, -0.15) is 13.2 Å². The van der Waals surface area contributed by atoms with Gasteiger partial charge in [0.05, 0.1) is 0 Å². The molecule has 2 fully saturated rings. The zero-order valence-electron chi connectivity index (χ0n) is 18.7. The van der Waals surface area contributed by atoms with Gasteiger partial charge in [0.2, 0.25) is 0 Å². The maximum Gasteiger partial charge on any atom is 0.430 e. The van der Waals surface area contributed by atoms with Gasteiger partial charge < -0.3 is 19.7 Å². The molecule has 0 unspecified atom stereocenters. The lowest BCUT2D eigenvalue weighted by Crippen LogP contribution is -2.62. The van der Waals surface area contributed by atoms with Crippen LogP contribution in [0.1, 0.15) is 29.9 Å². The summed E-state index contributed by atoms with van der Waals surface area (Å²) < 4.78 is 67.2. The van der Waals surface area contributed by atoms with E-state index in [9.17, 15) is 27.2 Å². The molecule has 2 saturated heterocycles. The van der Waals surface area contributed by atoms with Crippen LogP contribution in [0.4, 0.5) is 22.4 Å². The van der Waals surface area contributed by atoms with E-state index in [2.05, 4.69) is 5.32 Å². The Kier molecular flexibility index (Phi) is 6.72. The van der Waals surface area contributed by atoms with Crippen molar-refractivity contribution in [2.45, 2.75) is 36.1 Å². The summed E-state index contributed by atoms with van der Waals surface area (Å²) in [5, 5.41) is 2.64. The van der Waals surface area contributed by atoms with E-state index in [0.29, 0.717) is 5.56 Å². The molecule has 0 saturated carbocycles. The third-order valence-electron chi connectivity index (χ3n) is 6.79. The monoisotopic (exact) mass is 514 g/mol. The molecular formula is C24H23ClF4N2O4. The second-order valence-corrected chi connectivity index (χ2v) is 9.06. The second-order valence-electron chi connectivity index (χ2n) is 8.62. The first-order valence-corrected chi connectivity index (χ1v) is 11.3. The molecule has 0 bridgehead atoms. The van der Waals surface area contributed by atoms with Crippen LogP contribution in [0.5, 0.6) is 0 Å². The van der Waals surface area contributed by atoms with Crippen molar-refractivity contribution in [1.29, 1.82) is 0 Å². The molecule has 11 heteroatoms. The van der Waals surface area contributed by atoms with Gasteiger partial charge in [0, 0.05) is 56.1 Å². The van der Waals surface area contributed by atoms with Gasteiger partial charge in [-0.3, -0.25) is 4.79 Å². The minimum atomic E-state index is -5.07. The topological polar surface area (TPSA) is 67.9 Å². The number of nitrogens with one attached hydrogen (secondary N) is 1. The number of nitrogens with zero attached hydrogens (tertiary/aromatic N) is 1. The van der Waals surface area contributed by atoms with Gasteiger partial charge in [-0.05, 0) is 29.8 Å². The lowest BCUT2D eigenvalue weighted by atomic mass is 9.74. The van der Waals surface area contributed by atoms with Crippen LogP contribution in [0.25, 0.3) is 0 Å². The van der Waals surface area contributed by atoms with Crippen molar-refractivity contribution in [2.24, 2.45) is 0 Å². The van der Waals surface area contributed by atoms with Crippen molar-refractivity contribution in [3.05, 3.63) is 70.5 Å². The highest BCUT2D eigenvalue weighted by molar-refractivity contribution is 6.30. The van der Waals surface area contributed by atoms with Gasteiger partial charge >= 0.3 is 12.3 Å². The molecule has 35 heavy (non-hydrogen) atoms. The van der Waals surface area contributed by atoms with E-state index < -0.39 is 40.8 Å². The number of likely N-dealkylation sites (tertiary alicyclic amines) is 1. The first-order valence-electron chi connectivity index (χ1n) is 10.9. The molecule has 0 radical (unpaired) electrons. The van der Waals surface area contributed by atoms with Gasteiger partial charge in [0.1, 0.15) is 11.4 Å². The third kappa shape index (κ3) is 4.45. The van der Waals surface area contributed by atoms with E-state index in [1.165, 1.54) is 24.3 Å². The highest BCUT2D eigenvalue weighted by atomic mass is 35.5. The summed E-state index contributed by atoms with van der Waals surface area (Å²) in [6, 6.07) is 10.7. The number of amides is 2. The molecule has 1 spiro atoms. The van der Waals surface area contributed by atoms with Gasteiger partial charge in [0.25, 0.3) is 11.5 Å². The van der Waals surface area contributed by atoms with Gasteiger partial charge in [0.15, 0.2) is 0 Å². The average Bonchev–Trinajstić information content (AvgIpc) is 2.80. The fourth-order valence-corrected chi connectivity index (χ4v) is 5.17. The van der Waals surface area contributed by atoms with E-state index in [1.54, 1.807) is 12.1 Å². The van der Waals surface area contributed by atoms with E-state index >= 15 is 0 Å². The second kappa shape index (κ2) is 9.31. The molecule has 2 heterocycles. The smallest absolute Gasteiger partial charge is 0.430 e. The van der Waals surface area contributed by atoms with Gasteiger partial charge in [-0.15, -0.1) is 0 Å². The normalized spacial score (nSPS) is 21.7. The first-order chi connectivity index (χ1) is 16.5. The molecular weight excluding hydrogens is 492 g/mol. The van der Waals surface area contributed by atoms with Crippen molar-refractivity contribution in [1.82, 2.24) is 10.2 Å². The summed E-state index contributed by atoms with van der Waals surface area (Å²) in [6.45, 7) is 0.00259. The maximum atomic E-state index is 14.4. The minimum Gasteiger partial charge on any atom is -0.442 e. The Morgan fingerprint density at radius 1 is 1.17 bits per heavy atom. The number of methoxy groups -OCH3 is 1. The summed E-state index contributed by atoms with van der Waals surface area (Å²) in [5.41, 5.74) is -4.01. The Morgan fingerprint density at radius 3 is 2.40 bits per heavy atom. The number of hydrogen-bond donors (Lipinski definition) is 1. The summed E-state index contributed by atoms with van der Waals surface area (Å²) in [6.07, 6.45) is -5.53. The predicted octanol–water partition coefficient (Wildman–Crippen LogP) is 4.77. The molecule has 2 aromatic rings. The number of piperidine rings is 1. The first kappa shape index (κ1) is 25.2. The van der Waals surface area contributed by atoms with Crippen LogP contribution < -0.4 is 5.32 Å². The summed E-state index contributed by atoms with van der Waals surface area (Å²) in [7, 11) is 0.830. The predicted molar refractivity (Wildman–Crippen MR) is 118 cm³/mol. The molecule has 2 atom stereocenters. The van der Waals surface area contributed by atoms with Crippen molar-refractivity contribution in [3.63, 3.8) is 0 Å². The number of ether oxygens (including phenoxy) is 2. The number of hydrogen-bond acceptors (Lipinski definition) is 4. The Hall–Kier alpha value is -2.85. The number of benzene rings is 2. The molecule has 2 aromatic carbocycles. The van der Waals surface area contributed by atoms with Gasteiger partial charge in [-0.25, -0.2) is 9.18 Å². The van der Waals surface area contributed by atoms with Crippen molar-refractivity contribution in [2.75, 3.05) is 26.7 Å². The number of alkyl halides is 3. The average molecular weight is 515 g/mol.